The van der Waals surface area contributed by atoms with E-state index in [-0.39, 0.29) is 0 Å². The molecule has 0 unspecified atom stereocenters. The molecule has 2 rings (SSSR count). The van der Waals surface area contributed by atoms with E-state index in [9.17, 15) is 9.59 Å². The third kappa shape index (κ3) is 7.13. The summed E-state index contributed by atoms with van der Waals surface area (Å²) in [5.74, 6) is 0.505. The Kier molecular flexibility index (Phi) is 6.59. The number of hydrogen-bond donors (Lipinski definition) is 2. The summed E-state index contributed by atoms with van der Waals surface area (Å²) in [7, 11) is 0. The molecule has 154 valence electrons. The van der Waals surface area contributed by atoms with Crippen molar-refractivity contribution in [1.29, 1.82) is 0 Å². The van der Waals surface area contributed by atoms with Gasteiger partial charge >= 0.3 is 12.2 Å². The number of hydrogen-bond acceptors (Lipinski definition) is 5. The average Bonchev–Trinajstić information content (AvgIpc) is 2.75. The highest BCUT2D eigenvalue weighted by atomic mass is 16.7. The van der Waals surface area contributed by atoms with Crippen LogP contribution in [0.2, 0.25) is 0 Å². The number of carbonyl (C=O) groups is 2. The SMILES string of the molecule is CC(C)(C)OC(=O)NCCc1c[nH]c2c1C=C(OC(=O)OC(C)(C)C)CC=C2. The molecular weight excluding hydrogens is 360 g/mol. The Morgan fingerprint density at radius 3 is 2.43 bits per heavy atom. The minimum atomic E-state index is -0.723. The second-order valence-electron chi connectivity index (χ2n) is 8.60. The second-order valence-corrected chi connectivity index (χ2v) is 8.60. The van der Waals surface area contributed by atoms with Gasteiger partial charge in [0, 0.05) is 30.4 Å². The summed E-state index contributed by atoms with van der Waals surface area (Å²) in [5, 5.41) is 2.75. The van der Waals surface area contributed by atoms with E-state index in [4.69, 9.17) is 14.2 Å². The van der Waals surface area contributed by atoms with Crippen molar-refractivity contribution in [3.8, 4) is 0 Å². The van der Waals surface area contributed by atoms with Crippen molar-refractivity contribution in [2.45, 2.75) is 65.6 Å². The molecular formula is C21H30N2O5. The van der Waals surface area contributed by atoms with Gasteiger partial charge in [0.1, 0.15) is 17.0 Å². The van der Waals surface area contributed by atoms with Crippen LogP contribution >= 0.6 is 0 Å². The fraction of sp³-hybridized carbons (Fsp3) is 0.524. The monoisotopic (exact) mass is 390 g/mol. The number of allylic oxidation sites excluding steroid dienone is 1. The molecule has 7 nitrogen and oxygen atoms in total. The molecule has 1 aliphatic rings. The minimum Gasteiger partial charge on any atom is -0.444 e. The van der Waals surface area contributed by atoms with Crippen LogP contribution in [0.3, 0.4) is 0 Å². The van der Waals surface area contributed by atoms with Crippen LogP contribution in [0.1, 0.15) is 64.8 Å². The molecule has 0 spiro atoms. The number of H-pyrrole nitrogens is 1. The van der Waals surface area contributed by atoms with Crippen molar-refractivity contribution < 1.29 is 23.8 Å². The van der Waals surface area contributed by atoms with Gasteiger partial charge in [-0.25, -0.2) is 9.59 Å². The van der Waals surface area contributed by atoms with Gasteiger partial charge in [0.05, 0.1) is 0 Å². The molecule has 0 atom stereocenters. The van der Waals surface area contributed by atoms with Crippen molar-refractivity contribution in [1.82, 2.24) is 10.3 Å². The van der Waals surface area contributed by atoms with Gasteiger partial charge in [-0.1, -0.05) is 6.08 Å². The number of nitrogens with one attached hydrogen (secondary N) is 2. The van der Waals surface area contributed by atoms with Gasteiger partial charge in [-0.05, 0) is 65.7 Å². The van der Waals surface area contributed by atoms with E-state index in [1.165, 1.54) is 0 Å². The zero-order valence-corrected chi connectivity index (χ0v) is 17.5. The third-order valence-electron chi connectivity index (χ3n) is 3.61. The predicted octanol–water partition coefficient (Wildman–Crippen LogP) is 4.79. The highest BCUT2D eigenvalue weighted by molar-refractivity contribution is 5.72. The lowest BCUT2D eigenvalue weighted by Gasteiger charge is -2.19. The van der Waals surface area contributed by atoms with Crippen LogP contribution in [0.5, 0.6) is 0 Å². The van der Waals surface area contributed by atoms with Gasteiger partial charge in [0.2, 0.25) is 0 Å². The minimum absolute atomic E-state index is 0.430. The zero-order valence-electron chi connectivity index (χ0n) is 17.5. The molecule has 0 aromatic carbocycles. The molecule has 1 amide bonds. The number of carbonyl (C=O) groups excluding carboxylic acids is 2. The lowest BCUT2D eigenvalue weighted by Crippen LogP contribution is -2.33. The molecule has 2 N–H and O–H groups in total. The molecule has 0 radical (unpaired) electrons. The Labute approximate surface area is 166 Å². The number of alkyl carbamates (subject to hydrolysis) is 1. The molecule has 28 heavy (non-hydrogen) atoms. The normalized spacial score (nSPS) is 13.9. The van der Waals surface area contributed by atoms with Crippen molar-refractivity contribution >= 4 is 24.4 Å². The summed E-state index contributed by atoms with van der Waals surface area (Å²) in [5.41, 5.74) is 1.71. The number of ether oxygens (including phenoxy) is 3. The topological polar surface area (TPSA) is 89.6 Å². The van der Waals surface area contributed by atoms with E-state index in [2.05, 4.69) is 10.3 Å². The lowest BCUT2D eigenvalue weighted by molar-refractivity contribution is 0.00626. The maximum Gasteiger partial charge on any atom is 0.514 e. The maximum atomic E-state index is 12.0. The first-order valence-corrected chi connectivity index (χ1v) is 9.38. The van der Waals surface area contributed by atoms with Crippen molar-refractivity contribution in [2.24, 2.45) is 0 Å². The second kappa shape index (κ2) is 8.54. The van der Waals surface area contributed by atoms with E-state index < -0.39 is 23.5 Å². The number of fused-ring (bicyclic) bond motifs is 1. The van der Waals surface area contributed by atoms with Crippen molar-refractivity contribution in [3.05, 3.63) is 34.9 Å². The van der Waals surface area contributed by atoms with Crippen LogP contribution in [-0.4, -0.2) is 35.0 Å². The molecule has 0 saturated heterocycles. The van der Waals surface area contributed by atoms with E-state index in [0.717, 1.165) is 16.8 Å². The fourth-order valence-corrected chi connectivity index (χ4v) is 2.58. The van der Waals surface area contributed by atoms with Crippen LogP contribution in [0.4, 0.5) is 9.59 Å². The van der Waals surface area contributed by atoms with Crippen LogP contribution in [0, 0.1) is 0 Å². The highest BCUT2D eigenvalue weighted by Crippen LogP contribution is 2.25. The summed E-state index contributed by atoms with van der Waals surface area (Å²) >= 11 is 0. The van der Waals surface area contributed by atoms with Crippen LogP contribution < -0.4 is 5.32 Å². The number of aromatic nitrogens is 1. The Morgan fingerprint density at radius 2 is 1.79 bits per heavy atom. The summed E-state index contributed by atoms with van der Waals surface area (Å²) in [6.07, 6.45) is 7.50. The first-order valence-electron chi connectivity index (χ1n) is 9.38. The molecule has 7 heteroatoms. The molecule has 0 aliphatic heterocycles. The Balaban J connectivity index is 2.02. The summed E-state index contributed by atoms with van der Waals surface area (Å²) in [4.78, 5) is 26.9. The quantitative estimate of drug-likeness (QED) is 0.722. The van der Waals surface area contributed by atoms with E-state index in [0.29, 0.717) is 25.1 Å². The number of rotatable bonds is 4. The van der Waals surface area contributed by atoms with E-state index in [1.807, 2.05) is 45.2 Å². The summed E-state index contributed by atoms with van der Waals surface area (Å²) < 4.78 is 15.8. The fourth-order valence-electron chi connectivity index (χ4n) is 2.58. The van der Waals surface area contributed by atoms with Gasteiger partial charge in [0.15, 0.2) is 0 Å². The van der Waals surface area contributed by atoms with Gasteiger partial charge in [-0.2, -0.15) is 0 Å². The third-order valence-corrected chi connectivity index (χ3v) is 3.61. The Morgan fingerprint density at radius 1 is 1.11 bits per heavy atom. The van der Waals surface area contributed by atoms with Crippen LogP contribution in [0.25, 0.3) is 12.2 Å². The molecule has 1 heterocycles. The largest absolute Gasteiger partial charge is 0.514 e. The highest BCUT2D eigenvalue weighted by Gasteiger charge is 2.20. The Bertz CT molecular complexity index is 776. The predicted molar refractivity (Wildman–Crippen MR) is 108 cm³/mol. The van der Waals surface area contributed by atoms with Crippen LogP contribution in [0.15, 0.2) is 18.0 Å². The van der Waals surface area contributed by atoms with Crippen molar-refractivity contribution in [3.63, 3.8) is 0 Å². The summed E-state index contributed by atoms with van der Waals surface area (Å²) in [6.45, 7) is 11.3. The van der Waals surface area contributed by atoms with Crippen LogP contribution in [-0.2, 0) is 20.6 Å². The average molecular weight is 390 g/mol. The zero-order chi connectivity index (χ0) is 20.9. The van der Waals surface area contributed by atoms with Gasteiger partial charge < -0.3 is 24.5 Å². The molecule has 0 fully saturated rings. The van der Waals surface area contributed by atoms with E-state index >= 15 is 0 Å². The smallest absolute Gasteiger partial charge is 0.444 e. The first-order chi connectivity index (χ1) is 12.9. The van der Waals surface area contributed by atoms with Gasteiger partial charge in [-0.15, -0.1) is 0 Å². The van der Waals surface area contributed by atoms with Gasteiger partial charge in [-0.3, -0.25) is 0 Å². The van der Waals surface area contributed by atoms with Crippen molar-refractivity contribution in [2.75, 3.05) is 6.54 Å². The molecule has 0 saturated carbocycles. The molecule has 1 aromatic rings. The standard InChI is InChI=1S/C21H30N2O5/c1-20(2,3)27-18(24)22-11-10-14-13-23-17-9-7-8-15(12-16(14)17)26-19(25)28-21(4,5)6/h7,9,12-13,23H,8,10-11H2,1-6H3,(H,22,24). The van der Waals surface area contributed by atoms with E-state index in [1.54, 1.807) is 20.8 Å². The number of aromatic amines is 1. The molecule has 0 bridgehead atoms. The van der Waals surface area contributed by atoms with Gasteiger partial charge in [0.25, 0.3) is 0 Å². The Hall–Kier alpha value is -2.70. The molecule has 1 aliphatic carbocycles. The summed E-state index contributed by atoms with van der Waals surface area (Å²) in [6, 6.07) is 0. The first kappa shape index (κ1) is 21.6. The molecule has 1 aromatic heterocycles. The maximum absolute atomic E-state index is 12.0. The number of amides is 1. The lowest BCUT2D eigenvalue weighted by atomic mass is 10.1.